The summed E-state index contributed by atoms with van der Waals surface area (Å²) in [6, 6.07) is 4.62. The molecule has 2 saturated heterocycles. The second-order valence-corrected chi connectivity index (χ2v) is 9.48. The van der Waals surface area contributed by atoms with Gasteiger partial charge in [-0.2, -0.15) is 4.31 Å². The van der Waals surface area contributed by atoms with Gasteiger partial charge in [0.25, 0.3) is 0 Å². The Morgan fingerprint density at radius 1 is 1.22 bits per heavy atom. The largest absolute Gasteiger partial charge is 0.379 e. The first-order valence-corrected chi connectivity index (χ1v) is 11.1. The molecular weight excluding hydrogens is 410 g/mol. The molecule has 0 spiro atoms. The molecule has 2 heterocycles. The van der Waals surface area contributed by atoms with Crippen molar-refractivity contribution in [3.05, 3.63) is 23.2 Å². The minimum absolute atomic E-state index is 0.0667. The lowest BCUT2D eigenvalue weighted by Gasteiger charge is -2.37. The van der Waals surface area contributed by atoms with Crippen LogP contribution >= 0.6 is 23.8 Å². The SMILES string of the molecule is CC1CN(C(=S)Nc2cc(S(=O)(=O)N3CCOCC3)ccc2Cl)CC(C)O1. The van der Waals surface area contributed by atoms with Crippen molar-refractivity contribution in [1.82, 2.24) is 9.21 Å². The molecule has 0 aliphatic carbocycles. The Balaban J connectivity index is 1.78. The predicted octanol–water partition coefficient (Wildman–Crippen LogP) is 2.17. The molecule has 10 heteroatoms. The second kappa shape index (κ2) is 8.59. The molecule has 150 valence electrons. The van der Waals surface area contributed by atoms with Crippen molar-refractivity contribution in [2.24, 2.45) is 0 Å². The number of halogens is 1. The fourth-order valence-electron chi connectivity index (χ4n) is 3.23. The van der Waals surface area contributed by atoms with Crippen LogP contribution in [0.1, 0.15) is 13.8 Å². The summed E-state index contributed by atoms with van der Waals surface area (Å²) in [5.41, 5.74) is 0.475. The monoisotopic (exact) mass is 433 g/mol. The van der Waals surface area contributed by atoms with Crippen LogP contribution in [0.5, 0.6) is 0 Å². The molecule has 0 radical (unpaired) electrons. The molecule has 3 rings (SSSR count). The van der Waals surface area contributed by atoms with Gasteiger partial charge in [-0.05, 0) is 44.3 Å². The molecule has 0 aromatic heterocycles. The third kappa shape index (κ3) is 4.90. The van der Waals surface area contributed by atoms with Crippen LogP contribution in [0.4, 0.5) is 5.69 Å². The average Bonchev–Trinajstić information content (AvgIpc) is 2.63. The highest BCUT2D eigenvalue weighted by Crippen LogP contribution is 2.28. The number of hydrogen-bond acceptors (Lipinski definition) is 5. The fraction of sp³-hybridized carbons (Fsp3) is 0.588. The number of nitrogens with one attached hydrogen (secondary N) is 1. The molecule has 0 amide bonds. The van der Waals surface area contributed by atoms with E-state index in [1.54, 1.807) is 6.07 Å². The zero-order valence-corrected chi connectivity index (χ0v) is 17.7. The summed E-state index contributed by atoms with van der Waals surface area (Å²) in [6.45, 7) is 6.80. The minimum Gasteiger partial charge on any atom is -0.379 e. The van der Waals surface area contributed by atoms with E-state index in [4.69, 9.17) is 33.3 Å². The third-order valence-electron chi connectivity index (χ3n) is 4.49. The number of anilines is 1. The van der Waals surface area contributed by atoms with Crippen LogP contribution in [0.3, 0.4) is 0 Å². The van der Waals surface area contributed by atoms with Crippen LogP contribution in [0.15, 0.2) is 23.1 Å². The molecule has 2 unspecified atom stereocenters. The summed E-state index contributed by atoms with van der Waals surface area (Å²) in [7, 11) is -3.60. The van der Waals surface area contributed by atoms with E-state index in [-0.39, 0.29) is 17.1 Å². The summed E-state index contributed by atoms with van der Waals surface area (Å²) in [6.07, 6.45) is 0.133. The Labute approximate surface area is 170 Å². The number of sulfonamides is 1. The van der Waals surface area contributed by atoms with Gasteiger partial charge >= 0.3 is 0 Å². The Morgan fingerprint density at radius 2 is 1.85 bits per heavy atom. The van der Waals surface area contributed by atoms with E-state index in [0.717, 1.165) is 0 Å². The summed E-state index contributed by atoms with van der Waals surface area (Å²) in [5, 5.41) is 4.01. The minimum atomic E-state index is -3.60. The van der Waals surface area contributed by atoms with Gasteiger partial charge < -0.3 is 19.7 Å². The van der Waals surface area contributed by atoms with Crippen molar-refractivity contribution >= 4 is 44.6 Å². The molecule has 0 saturated carbocycles. The highest BCUT2D eigenvalue weighted by atomic mass is 35.5. The molecular formula is C17H24ClN3O4S2. The number of ether oxygens (including phenoxy) is 2. The van der Waals surface area contributed by atoms with Gasteiger partial charge in [0.2, 0.25) is 10.0 Å². The maximum absolute atomic E-state index is 12.9. The van der Waals surface area contributed by atoms with Crippen molar-refractivity contribution in [2.45, 2.75) is 31.0 Å². The smallest absolute Gasteiger partial charge is 0.243 e. The maximum Gasteiger partial charge on any atom is 0.243 e. The van der Waals surface area contributed by atoms with Gasteiger partial charge in [0.15, 0.2) is 5.11 Å². The summed E-state index contributed by atoms with van der Waals surface area (Å²) >= 11 is 11.8. The quantitative estimate of drug-likeness (QED) is 0.732. The maximum atomic E-state index is 12.9. The van der Waals surface area contributed by atoms with E-state index in [9.17, 15) is 8.42 Å². The van der Waals surface area contributed by atoms with E-state index in [0.29, 0.717) is 55.2 Å². The highest BCUT2D eigenvalue weighted by molar-refractivity contribution is 7.89. The summed E-state index contributed by atoms with van der Waals surface area (Å²) in [4.78, 5) is 2.19. The van der Waals surface area contributed by atoms with Crippen molar-refractivity contribution in [1.29, 1.82) is 0 Å². The molecule has 2 fully saturated rings. The Bertz CT molecular complexity index is 789. The van der Waals surface area contributed by atoms with Gasteiger partial charge in [-0.15, -0.1) is 0 Å². The lowest BCUT2D eigenvalue weighted by Crippen LogP contribution is -2.49. The number of morpholine rings is 2. The van der Waals surface area contributed by atoms with Crippen molar-refractivity contribution in [3.8, 4) is 0 Å². The molecule has 1 N–H and O–H groups in total. The van der Waals surface area contributed by atoms with Crippen molar-refractivity contribution in [3.63, 3.8) is 0 Å². The molecule has 1 aromatic rings. The van der Waals surface area contributed by atoms with E-state index < -0.39 is 10.0 Å². The van der Waals surface area contributed by atoms with Gasteiger partial charge in [-0.1, -0.05) is 11.6 Å². The van der Waals surface area contributed by atoms with Gasteiger partial charge in [-0.25, -0.2) is 8.42 Å². The molecule has 2 atom stereocenters. The lowest BCUT2D eigenvalue weighted by atomic mass is 10.2. The van der Waals surface area contributed by atoms with E-state index in [2.05, 4.69) is 5.32 Å². The van der Waals surface area contributed by atoms with Gasteiger partial charge in [0, 0.05) is 26.2 Å². The summed E-state index contributed by atoms with van der Waals surface area (Å²) in [5.74, 6) is 0. The van der Waals surface area contributed by atoms with Crippen molar-refractivity contribution in [2.75, 3.05) is 44.7 Å². The van der Waals surface area contributed by atoms with Gasteiger partial charge in [0.05, 0.1) is 41.0 Å². The lowest BCUT2D eigenvalue weighted by molar-refractivity contribution is -0.0473. The first-order chi connectivity index (χ1) is 12.8. The molecule has 7 nitrogen and oxygen atoms in total. The van der Waals surface area contributed by atoms with Crippen LogP contribution in [0.25, 0.3) is 0 Å². The van der Waals surface area contributed by atoms with Crippen LogP contribution in [0.2, 0.25) is 5.02 Å². The highest BCUT2D eigenvalue weighted by Gasteiger charge is 2.28. The van der Waals surface area contributed by atoms with Crippen LogP contribution in [0, 0.1) is 0 Å². The number of hydrogen-bond donors (Lipinski definition) is 1. The number of benzene rings is 1. The van der Waals surface area contributed by atoms with Crippen LogP contribution in [-0.4, -0.2) is 74.3 Å². The molecule has 27 heavy (non-hydrogen) atoms. The number of thiocarbonyl (C=S) groups is 1. The topological polar surface area (TPSA) is 71.1 Å². The van der Waals surface area contributed by atoms with E-state index in [1.807, 2.05) is 18.7 Å². The van der Waals surface area contributed by atoms with E-state index >= 15 is 0 Å². The normalized spacial score (nSPS) is 24.6. The molecule has 0 bridgehead atoms. The van der Waals surface area contributed by atoms with Crippen LogP contribution < -0.4 is 5.32 Å². The predicted molar refractivity (Wildman–Crippen MR) is 109 cm³/mol. The first kappa shape index (κ1) is 20.8. The zero-order valence-electron chi connectivity index (χ0n) is 15.4. The first-order valence-electron chi connectivity index (χ1n) is 8.86. The third-order valence-corrected chi connectivity index (χ3v) is 7.08. The Morgan fingerprint density at radius 3 is 2.48 bits per heavy atom. The van der Waals surface area contributed by atoms with Gasteiger partial charge in [-0.3, -0.25) is 0 Å². The number of nitrogens with zero attached hydrogens (tertiary/aromatic N) is 2. The fourth-order valence-corrected chi connectivity index (χ4v) is 5.09. The van der Waals surface area contributed by atoms with Crippen molar-refractivity contribution < 1.29 is 17.9 Å². The number of rotatable bonds is 3. The average molecular weight is 434 g/mol. The van der Waals surface area contributed by atoms with Crippen LogP contribution in [-0.2, 0) is 19.5 Å². The second-order valence-electron chi connectivity index (χ2n) is 6.75. The molecule has 2 aliphatic heterocycles. The van der Waals surface area contributed by atoms with Gasteiger partial charge in [0.1, 0.15) is 0 Å². The molecule has 2 aliphatic rings. The molecule has 1 aromatic carbocycles. The zero-order chi connectivity index (χ0) is 19.6. The Hall–Kier alpha value is -0.970. The van der Waals surface area contributed by atoms with E-state index in [1.165, 1.54) is 16.4 Å². The Kier molecular flexibility index (Phi) is 6.60. The standard InChI is InChI=1S/C17H24ClN3O4S2/c1-12-10-20(11-13(2)25-12)17(26)19-16-9-14(3-4-15(16)18)27(22,23)21-5-7-24-8-6-21/h3-4,9,12-13H,5-8,10-11H2,1-2H3,(H,19,26). The summed E-state index contributed by atoms with van der Waals surface area (Å²) < 4.78 is 38.1.